The molecule has 1 heteroatoms. The zero-order valence-corrected chi connectivity index (χ0v) is 19.5. The molecule has 0 aliphatic carbocycles. The zero-order valence-electron chi connectivity index (χ0n) is 19.5. The Morgan fingerprint density at radius 1 is 0.821 bits per heavy atom. The second-order valence-electron chi connectivity index (χ2n) is 10.6. The summed E-state index contributed by atoms with van der Waals surface area (Å²) in [5, 5.41) is 0. The van der Waals surface area contributed by atoms with Crippen molar-refractivity contribution in [2.75, 3.05) is 11.4 Å². The molecule has 1 fully saturated rings. The minimum Gasteiger partial charge on any atom is -0.365 e. The summed E-state index contributed by atoms with van der Waals surface area (Å²) in [5.74, 6) is 1.05. The van der Waals surface area contributed by atoms with Crippen LogP contribution in [0.3, 0.4) is 0 Å². The SMILES string of the molecule is Cc1cc(C)cc([C@]2(C)CN(c3c(C(C)C)cccc3C(C)C)C(C)(C)C2)c1. The van der Waals surface area contributed by atoms with E-state index in [0.717, 1.165) is 6.54 Å². The van der Waals surface area contributed by atoms with Gasteiger partial charge in [0.1, 0.15) is 0 Å². The number of rotatable bonds is 4. The van der Waals surface area contributed by atoms with Crippen LogP contribution in [0.25, 0.3) is 0 Å². The molecule has 2 aromatic rings. The third-order valence-electron chi connectivity index (χ3n) is 6.59. The third kappa shape index (κ3) is 3.73. The molecule has 1 nitrogen and oxygen atoms in total. The Labute approximate surface area is 173 Å². The van der Waals surface area contributed by atoms with Crippen LogP contribution in [0.1, 0.15) is 94.5 Å². The maximum absolute atomic E-state index is 2.73. The van der Waals surface area contributed by atoms with Gasteiger partial charge >= 0.3 is 0 Å². The van der Waals surface area contributed by atoms with E-state index in [2.05, 4.69) is 104 Å². The van der Waals surface area contributed by atoms with Gasteiger partial charge in [-0.15, -0.1) is 0 Å². The molecule has 1 aliphatic rings. The molecule has 0 amide bonds. The average Bonchev–Trinajstić information content (AvgIpc) is 2.83. The van der Waals surface area contributed by atoms with Gasteiger partial charge in [-0.05, 0) is 62.6 Å². The molecule has 2 aromatic carbocycles. The fourth-order valence-electron chi connectivity index (χ4n) is 5.39. The van der Waals surface area contributed by atoms with Crippen molar-refractivity contribution < 1.29 is 0 Å². The Bertz CT molecular complexity index is 812. The molecule has 0 N–H and O–H groups in total. The molecule has 1 aliphatic heterocycles. The van der Waals surface area contributed by atoms with Crippen LogP contribution in [0.2, 0.25) is 0 Å². The highest BCUT2D eigenvalue weighted by Crippen LogP contribution is 2.49. The predicted molar refractivity (Wildman–Crippen MR) is 124 cm³/mol. The van der Waals surface area contributed by atoms with Crippen molar-refractivity contribution >= 4 is 5.69 Å². The van der Waals surface area contributed by atoms with E-state index in [9.17, 15) is 0 Å². The van der Waals surface area contributed by atoms with E-state index in [-0.39, 0.29) is 11.0 Å². The quantitative estimate of drug-likeness (QED) is 0.533. The van der Waals surface area contributed by atoms with E-state index in [1.807, 2.05) is 0 Å². The Kier molecular flexibility index (Phi) is 5.42. The Hall–Kier alpha value is -1.76. The predicted octanol–water partition coefficient (Wildman–Crippen LogP) is 7.50. The maximum Gasteiger partial charge on any atom is 0.0441 e. The molecule has 152 valence electrons. The molecule has 28 heavy (non-hydrogen) atoms. The molecule has 1 saturated heterocycles. The molecule has 0 saturated carbocycles. The maximum atomic E-state index is 2.73. The van der Waals surface area contributed by atoms with Gasteiger partial charge in [-0.25, -0.2) is 0 Å². The first-order chi connectivity index (χ1) is 12.9. The standard InChI is InChI=1S/C27H39N/c1-18(2)23-11-10-12-24(19(3)4)25(23)28-17-27(9,16-26(28,7)8)22-14-20(5)13-21(6)15-22/h10-15,18-19H,16-17H2,1-9H3/t27-/m0/s1. The van der Waals surface area contributed by atoms with Crippen LogP contribution in [0.15, 0.2) is 36.4 Å². The van der Waals surface area contributed by atoms with Crippen molar-refractivity contribution in [1.29, 1.82) is 0 Å². The normalized spacial score (nSPS) is 21.8. The number of hydrogen-bond donors (Lipinski definition) is 0. The van der Waals surface area contributed by atoms with Gasteiger partial charge in [0.25, 0.3) is 0 Å². The van der Waals surface area contributed by atoms with Crippen molar-refractivity contribution in [3.63, 3.8) is 0 Å². The van der Waals surface area contributed by atoms with Crippen LogP contribution in [0, 0.1) is 13.8 Å². The van der Waals surface area contributed by atoms with Crippen molar-refractivity contribution in [1.82, 2.24) is 0 Å². The molecule has 0 radical (unpaired) electrons. The Morgan fingerprint density at radius 3 is 1.79 bits per heavy atom. The second-order valence-corrected chi connectivity index (χ2v) is 10.6. The molecular weight excluding hydrogens is 338 g/mol. The van der Waals surface area contributed by atoms with E-state index in [1.54, 1.807) is 0 Å². The molecule has 0 spiro atoms. The monoisotopic (exact) mass is 377 g/mol. The van der Waals surface area contributed by atoms with E-state index in [1.165, 1.54) is 39.9 Å². The molecule has 0 unspecified atom stereocenters. The van der Waals surface area contributed by atoms with Gasteiger partial charge in [0.15, 0.2) is 0 Å². The summed E-state index contributed by atoms with van der Waals surface area (Å²) in [6.45, 7) is 22.2. The largest absolute Gasteiger partial charge is 0.365 e. The minimum absolute atomic E-state index is 0.126. The van der Waals surface area contributed by atoms with Crippen LogP contribution in [0.4, 0.5) is 5.69 Å². The van der Waals surface area contributed by atoms with E-state index in [4.69, 9.17) is 0 Å². The van der Waals surface area contributed by atoms with Gasteiger partial charge in [-0.1, -0.05) is 82.1 Å². The van der Waals surface area contributed by atoms with E-state index < -0.39 is 0 Å². The number of nitrogens with zero attached hydrogens (tertiary/aromatic N) is 1. The topological polar surface area (TPSA) is 3.24 Å². The van der Waals surface area contributed by atoms with Crippen molar-refractivity contribution in [2.45, 2.75) is 91.5 Å². The lowest BCUT2D eigenvalue weighted by Gasteiger charge is -2.38. The van der Waals surface area contributed by atoms with Crippen molar-refractivity contribution in [2.24, 2.45) is 0 Å². The fourth-order valence-corrected chi connectivity index (χ4v) is 5.39. The number of anilines is 1. The summed E-state index contributed by atoms with van der Waals surface area (Å²) in [5.41, 5.74) is 9.00. The van der Waals surface area contributed by atoms with Gasteiger partial charge in [-0.3, -0.25) is 0 Å². The van der Waals surface area contributed by atoms with Gasteiger partial charge in [-0.2, -0.15) is 0 Å². The molecule has 1 heterocycles. The average molecular weight is 378 g/mol. The fraction of sp³-hybridized carbons (Fsp3) is 0.556. The van der Waals surface area contributed by atoms with E-state index in [0.29, 0.717) is 11.8 Å². The van der Waals surface area contributed by atoms with Gasteiger partial charge in [0.05, 0.1) is 0 Å². The summed E-state index contributed by atoms with van der Waals surface area (Å²) in [4.78, 5) is 2.73. The second kappa shape index (κ2) is 7.25. The Morgan fingerprint density at radius 2 is 1.32 bits per heavy atom. The lowest BCUT2D eigenvalue weighted by Crippen LogP contribution is -2.39. The summed E-state index contributed by atoms with van der Waals surface area (Å²) >= 11 is 0. The van der Waals surface area contributed by atoms with Crippen LogP contribution in [-0.4, -0.2) is 12.1 Å². The van der Waals surface area contributed by atoms with Gasteiger partial charge in [0.2, 0.25) is 0 Å². The number of hydrogen-bond acceptors (Lipinski definition) is 1. The van der Waals surface area contributed by atoms with Gasteiger partial charge in [0, 0.05) is 23.2 Å². The van der Waals surface area contributed by atoms with Crippen LogP contribution < -0.4 is 4.90 Å². The minimum atomic E-state index is 0.126. The van der Waals surface area contributed by atoms with Crippen LogP contribution in [-0.2, 0) is 5.41 Å². The smallest absolute Gasteiger partial charge is 0.0441 e. The first-order valence-electron chi connectivity index (χ1n) is 10.9. The lowest BCUT2D eigenvalue weighted by atomic mass is 9.77. The number of benzene rings is 2. The van der Waals surface area contributed by atoms with Crippen LogP contribution in [0.5, 0.6) is 0 Å². The molecule has 0 bridgehead atoms. The number of aryl methyl sites for hydroxylation is 2. The highest BCUT2D eigenvalue weighted by Gasteiger charge is 2.47. The summed E-state index contributed by atoms with van der Waals surface area (Å²) in [6.07, 6.45) is 1.17. The van der Waals surface area contributed by atoms with E-state index >= 15 is 0 Å². The first kappa shape index (κ1) is 21.0. The number of para-hydroxylation sites is 1. The third-order valence-corrected chi connectivity index (χ3v) is 6.59. The summed E-state index contributed by atoms with van der Waals surface area (Å²) in [7, 11) is 0. The Balaban J connectivity index is 2.14. The summed E-state index contributed by atoms with van der Waals surface area (Å²) in [6, 6.07) is 14.0. The van der Waals surface area contributed by atoms with Crippen molar-refractivity contribution in [3.05, 3.63) is 64.2 Å². The molecule has 3 rings (SSSR count). The van der Waals surface area contributed by atoms with Crippen molar-refractivity contribution in [3.8, 4) is 0 Å². The molecule has 0 aromatic heterocycles. The lowest BCUT2D eigenvalue weighted by molar-refractivity contribution is 0.444. The summed E-state index contributed by atoms with van der Waals surface area (Å²) < 4.78 is 0. The highest BCUT2D eigenvalue weighted by atomic mass is 15.2. The molecule has 1 atom stereocenters. The van der Waals surface area contributed by atoms with Gasteiger partial charge < -0.3 is 4.90 Å². The molecular formula is C27H39N. The zero-order chi connectivity index (χ0) is 20.9. The highest BCUT2D eigenvalue weighted by molar-refractivity contribution is 5.65. The first-order valence-corrected chi connectivity index (χ1v) is 10.9. The van der Waals surface area contributed by atoms with Crippen LogP contribution >= 0.6 is 0 Å².